The first-order chi connectivity index (χ1) is 17.6. The summed E-state index contributed by atoms with van der Waals surface area (Å²) < 4.78 is 0. The molecule has 172 valence electrons. The van der Waals surface area contributed by atoms with E-state index in [1.165, 1.54) is 0 Å². The number of hydrogen-bond acceptors (Lipinski definition) is 8. The molecule has 0 saturated carbocycles. The molecular formula is C28H18N6O2. The average molecular weight is 470 g/mol. The van der Waals surface area contributed by atoms with Crippen molar-refractivity contribution in [2.24, 2.45) is 20.5 Å². The van der Waals surface area contributed by atoms with E-state index in [2.05, 4.69) is 32.6 Å². The molecule has 0 bridgehead atoms. The lowest BCUT2D eigenvalue weighted by molar-refractivity contribution is 0.460. The number of fused-ring (bicyclic) bond motifs is 2. The van der Waals surface area contributed by atoms with E-state index in [0.717, 1.165) is 11.1 Å². The van der Waals surface area contributed by atoms with Crippen LogP contribution in [0.2, 0.25) is 0 Å². The van der Waals surface area contributed by atoms with Crippen molar-refractivity contribution in [3.8, 4) is 23.6 Å². The van der Waals surface area contributed by atoms with Crippen molar-refractivity contribution in [1.82, 2.24) is 0 Å². The van der Waals surface area contributed by atoms with Gasteiger partial charge in [0.05, 0.1) is 46.0 Å². The van der Waals surface area contributed by atoms with E-state index < -0.39 is 0 Å². The number of benzene rings is 4. The zero-order valence-electron chi connectivity index (χ0n) is 18.9. The number of phenols is 2. The summed E-state index contributed by atoms with van der Waals surface area (Å²) in [5.74, 6) is 0.244. The van der Waals surface area contributed by atoms with Gasteiger partial charge in [-0.25, -0.2) is 0 Å². The lowest BCUT2D eigenvalue weighted by Gasteiger charge is -2.23. The van der Waals surface area contributed by atoms with E-state index >= 15 is 0 Å². The first-order valence-corrected chi connectivity index (χ1v) is 11.1. The Bertz CT molecular complexity index is 1490. The van der Waals surface area contributed by atoms with Gasteiger partial charge in [-0.3, -0.25) is 0 Å². The van der Waals surface area contributed by atoms with Crippen molar-refractivity contribution in [1.29, 1.82) is 10.5 Å². The molecule has 4 aromatic carbocycles. The van der Waals surface area contributed by atoms with Gasteiger partial charge in [0.15, 0.2) is 0 Å². The molecule has 0 aromatic heterocycles. The van der Waals surface area contributed by atoms with Crippen LogP contribution in [0.5, 0.6) is 11.5 Å². The summed E-state index contributed by atoms with van der Waals surface area (Å²) in [5, 5.41) is 56.5. The molecule has 0 heterocycles. The lowest BCUT2D eigenvalue weighted by atomic mass is 9.83. The van der Waals surface area contributed by atoms with E-state index in [-0.39, 0.29) is 11.5 Å². The van der Waals surface area contributed by atoms with E-state index in [0.29, 0.717) is 57.8 Å². The summed E-state index contributed by atoms with van der Waals surface area (Å²) in [6.07, 6.45) is 0.680. The molecule has 2 N–H and O–H groups in total. The van der Waals surface area contributed by atoms with Crippen LogP contribution in [-0.2, 0) is 12.8 Å². The molecule has 4 aromatic rings. The highest BCUT2D eigenvalue weighted by Gasteiger charge is 2.25. The number of phenolic OH excluding ortho intramolecular Hbond substituents is 2. The first-order valence-electron chi connectivity index (χ1n) is 11.1. The number of aromatic hydroxyl groups is 2. The van der Waals surface area contributed by atoms with Crippen LogP contribution in [0.3, 0.4) is 0 Å². The van der Waals surface area contributed by atoms with Gasteiger partial charge in [-0.05, 0) is 83.9 Å². The maximum atomic E-state index is 10.6. The minimum atomic E-state index is 0.122. The molecule has 5 rings (SSSR count). The maximum absolute atomic E-state index is 10.6. The number of hydrogen-bond donors (Lipinski definition) is 2. The second-order valence-electron chi connectivity index (χ2n) is 8.19. The molecular weight excluding hydrogens is 452 g/mol. The Labute approximate surface area is 206 Å². The number of nitrogens with zero attached hydrogens (tertiary/aromatic N) is 6. The van der Waals surface area contributed by atoms with Crippen LogP contribution in [0.25, 0.3) is 0 Å². The van der Waals surface area contributed by atoms with E-state index in [4.69, 9.17) is 10.5 Å². The van der Waals surface area contributed by atoms with E-state index in [9.17, 15) is 10.2 Å². The summed E-state index contributed by atoms with van der Waals surface area (Å²) in [5.41, 5.74) is 6.40. The fraction of sp³-hybridized carbons (Fsp3) is 0.0714. The first kappa shape index (κ1) is 22.5. The highest BCUT2D eigenvalue weighted by atomic mass is 16.3. The fourth-order valence-electron chi connectivity index (χ4n) is 4.09. The number of rotatable bonds is 4. The van der Waals surface area contributed by atoms with Crippen LogP contribution in [0.4, 0.5) is 22.7 Å². The monoisotopic (exact) mass is 470 g/mol. The zero-order valence-corrected chi connectivity index (χ0v) is 18.9. The molecule has 0 saturated heterocycles. The van der Waals surface area contributed by atoms with E-state index in [1.807, 2.05) is 0 Å². The highest BCUT2D eigenvalue weighted by Crippen LogP contribution is 2.44. The summed E-state index contributed by atoms with van der Waals surface area (Å²) >= 11 is 0. The van der Waals surface area contributed by atoms with Gasteiger partial charge in [0.2, 0.25) is 0 Å². The lowest BCUT2D eigenvalue weighted by Crippen LogP contribution is -2.08. The Balaban J connectivity index is 1.50. The van der Waals surface area contributed by atoms with Crippen LogP contribution >= 0.6 is 0 Å². The second kappa shape index (κ2) is 9.49. The third kappa shape index (κ3) is 4.39. The van der Waals surface area contributed by atoms with Crippen molar-refractivity contribution in [2.45, 2.75) is 12.8 Å². The highest BCUT2D eigenvalue weighted by molar-refractivity contribution is 5.67. The van der Waals surface area contributed by atoms with Crippen molar-refractivity contribution < 1.29 is 10.2 Å². The van der Waals surface area contributed by atoms with Gasteiger partial charge >= 0.3 is 0 Å². The third-order valence-corrected chi connectivity index (χ3v) is 6.01. The van der Waals surface area contributed by atoms with Gasteiger partial charge in [0.1, 0.15) is 11.5 Å². The quantitative estimate of drug-likeness (QED) is 0.269. The maximum Gasteiger partial charge on any atom is 0.119 e. The van der Waals surface area contributed by atoms with E-state index in [1.54, 1.807) is 72.8 Å². The largest absolute Gasteiger partial charge is 0.508 e. The SMILES string of the molecule is N#Cc1ccc(N=Nc2ccc(O)c3c2Cc2c(N=Nc4ccc(C#N)cc4)ccc(O)c2C3)cc1. The van der Waals surface area contributed by atoms with Crippen molar-refractivity contribution >= 4 is 22.7 Å². The van der Waals surface area contributed by atoms with Gasteiger partial charge in [-0.2, -0.15) is 31.0 Å². The Morgan fingerprint density at radius 2 is 0.889 bits per heavy atom. The summed E-state index contributed by atoms with van der Waals surface area (Å²) in [6, 6.07) is 24.2. The van der Waals surface area contributed by atoms with Crippen LogP contribution in [0.1, 0.15) is 33.4 Å². The van der Waals surface area contributed by atoms with Crippen molar-refractivity contribution in [2.75, 3.05) is 0 Å². The normalized spacial score (nSPS) is 12.2. The third-order valence-electron chi connectivity index (χ3n) is 6.01. The molecule has 0 amide bonds. The summed E-state index contributed by atoms with van der Waals surface area (Å²) in [4.78, 5) is 0. The molecule has 0 atom stereocenters. The fourth-order valence-corrected chi connectivity index (χ4v) is 4.09. The van der Waals surface area contributed by atoms with Crippen molar-refractivity contribution in [3.05, 3.63) is 106 Å². The van der Waals surface area contributed by atoms with Crippen LogP contribution in [0.15, 0.2) is 93.3 Å². The van der Waals surface area contributed by atoms with Gasteiger partial charge < -0.3 is 10.2 Å². The average Bonchev–Trinajstić information content (AvgIpc) is 2.92. The van der Waals surface area contributed by atoms with Gasteiger partial charge in [0, 0.05) is 24.0 Å². The van der Waals surface area contributed by atoms with Gasteiger partial charge in [-0.1, -0.05) is 0 Å². The molecule has 36 heavy (non-hydrogen) atoms. The van der Waals surface area contributed by atoms with Gasteiger partial charge in [0.25, 0.3) is 0 Å². The summed E-state index contributed by atoms with van der Waals surface area (Å²) in [6.45, 7) is 0. The Hall–Kier alpha value is -5.34. The van der Waals surface area contributed by atoms with Crippen LogP contribution in [0, 0.1) is 22.7 Å². The molecule has 0 radical (unpaired) electrons. The number of nitriles is 2. The Kier molecular flexibility index (Phi) is 5.92. The molecule has 0 spiro atoms. The predicted octanol–water partition coefficient (Wildman–Crippen LogP) is 7.17. The van der Waals surface area contributed by atoms with Crippen molar-refractivity contribution in [3.63, 3.8) is 0 Å². The molecule has 8 nitrogen and oxygen atoms in total. The molecule has 0 unspecified atom stereocenters. The smallest absolute Gasteiger partial charge is 0.119 e. The zero-order chi connectivity index (χ0) is 25.1. The Morgan fingerprint density at radius 3 is 1.28 bits per heavy atom. The second-order valence-corrected chi connectivity index (χ2v) is 8.19. The summed E-state index contributed by atoms with van der Waals surface area (Å²) in [7, 11) is 0. The molecule has 1 aliphatic rings. The topological polar surface area (TPSA) is 137 Å². The Morgan fingerprint density at radius 1 is 0.500 bits per heavy atom. The van der Waals surface area contributed by atoms with Crippen LogP contribution in [-0.4, -0.2) is 10.2 Å². The number of azo groups is 2. The van der Waals surface area contributed by atoms with Gasteiger partial charge in [-0.15, -0.1) is 0 Å². The molecule has 1 aliphatic carbocycles. The molecule has 0 aliphatic heterocycles. The standard InChI is InChI=1S/C28H18N6O2/c29-15-17-1-5-19(6-2-17)31-33-25-9-11-27(35)23-14-24-22(13-21(23)25)26(10-12-28(24)36)34-32-20-7-3-18(16-30)4-8-20/h1-12,35-36H,13-14H2. The molecule has 8 heteroatoms. The van der Waals surface area contributed by atoms with Crippen LogP contribution < -0.4 is 0 Å². The minimum absolute atomic E-state index is 0.122. The minimum Gasteiger partial charge on any atom is -0.508 e. The molecule has 0 fully saturated rings. The predicted molar refractivity (Wildman–Crippen MR) is 132 cm³/mol.